The molecule has 0 fully saturated rings. The zero-order valence-corrected chi connectivity index (χ0v) is 11.4. The van der Waals surface area contributed by atoms with Gasteiger partial charge in [0.25, 0.3) is 0 Å². The molecule has 1 atom stereocenters. The summed E-state index contributed by atoms with van der Waals surface area (Å²) in [5, 5.41) is 16.3. The van der Waals surface area contributed by atoms with Gasteiger partial charge in [-0.3, -0.25) is 0 Å². The van der Waals surface area contributed by atoms with E-state index < -0.39 is 0 Å². The van der Waals surface area contributed by atoms with Gasteiger partial charge in [0.05, 0.1) is 16.1 Å². The van der Waals surface area contributed by atoms with E-state index in [4.69, 9.17) is 23.2 Å². The molecule has 0 radical (unpaired) electrons. The Morgan fingerprint density at radius 2 is 2.00 bits per heavy atom. The second kappa shape index (κ2) is 6.89. The summed E-state index contributed by atoms with van der Waals surface area (Å²) in [5.74, 6) is 1.15. The largest absolute Gasteiger partial charge is 0.393 e. The number of anilines is 2. The molecule has 0 saturated carbocycles. The van der Waals surface area contributed by atoms with E-state index in [9.17, 15) is 5.11 Å². The smallest absolute Gasteiger partial charge is 0.147 e. The van der Waals surface area contributed by atoms with Crippen LogP contribution in [-0.2, 0) is 0 Å². The highest BCUT2D eigenvalue weighted by molar-refractivity contribution is 6.37. The molecule has 6 heteroatoms. The van der Waals surface area contributed by atoms with Crippen LogP contribution < -0.4 is 10.6 Å². The van der Waals surface area contributed by atoms with Gasteiger partial charge in [-0.15, -0.1) is 0 Å². The Bertz CT molecular complexity index is 374. The average molecular weight is 278 g/mol. The van der Waals surface area contributed by atoms with Gasteiger partial charge in [0.1, 0.15) is 11.6 Å². The Morgan fingerprint density at radius 1 is 1.35 bits per heavy atom. The normalized spacial score (nSPS) is 12.3. The predicted octanol–water partition coefficient (Wildman–Crippen LogP) is 3.00. The van der Waals surface area contributed by atoms with Crippen LogP contribution in [0.3, 0.4) is 0 Å². The third-order valence-electron chi connectivity index (χ3n) is 2.41. The summed E-state index contributed by atoms with van der Waals surface area (Å²) in [4.78, 5) is 4.25. The van der Waals surface area contributed by atoms with Gasteiger partial charge in [0.15, 0.2) is 0 Å². The minimum atomic E-state index is -0.294. The number of rotatable bonds is 6. The Hall–Kier alpha value is -0.710. The summed E-state index contributed by atoms with van der Waals surface area (Å²) in [7, 11) is 1.74. The minimum absolute atomic E-state index is 0.294. The summed E-state index contributed by atoms with van der Waals surface area (Å²) < 4.78 is 0. The molecule has 0 amide bonds. The maximum atomic E-state index is 9.42. The van der Waals surface area contributed by atoms with Crippen LogP contribution in [0, 0.1) is 0 Å². The Morgan fingerprint density at radius 3 is 2.59 bits per heavy atom. The highest BCUT2D eigenvalue weighted by Gasteiger charge is 2.08. The molecule has 0 spiro atoms. The summed E-state index contributed by atoms with van der Waals surface area (Å²) in [6.07, 6.45) is 1.11. The highest BCUT2D eigenvalue weighted by atomic mass is 35.5. The van der Waals surface area contributed by atoms with Gasteiger partial charge in [0, 0.05) is 13.6 Å². The minimum Gasteiger partial charge on any atom is -0.393 e. The third-order valence-corrected chi connectivity index (χ3v) is 2.98. The summed E-state index contributed by atoms with van der Waals surface area (Å²) >= 11 is 11.9. The van der Waals surface area contributed by atoms with E-state index in [1.807, 2.05) is 6.92 Å². The van der Waals surface area contributed by atoms with Crippen molar-refractivity contribution in [1.29, 1.82) is 0 Å². The lowest BCUT2D eigenvalue weighted by Crippen LogP contribution is -2.13. The van der Waals surface area contributed by atoms with Crippen molar-refractivity contribution in [3.05, 3.63) is 16.1 Å². The molecule has 0 saturated heterocycles. The van der Waals surface area contributed by atoms with Crippen LogP contribution in [-0.4, -0.2) is 29.8 Å². The first-order chi connectivity index (χ1) is 8.08. The van der Waals surface area contributed by atoms with Crippen molar-refractivity contribution in [3.63, 3.8) is 0 Å². The van der Waals surface area contributed by atoms with Crippen LogP contribution in [0.25, 0.3) is 0 Å². The van der Waals surface area contributed by atoms with Crippen molar-refractivity contribution in [2.24, 2.45) is 0 Å². The monoisotopic (exact) mass is 277 g/mol. The van der Waals surface area contributed by atoms with E-state index in [1.54, 1.807) is 13.1 Å². The lowest BCUT2D eigenvalue weighted by molar-refractivity contribution is 0.164. The van der Waals surface area contributed by atoms with E-state index in [2.05, 4.69) is 15.6 Å². The van der Waals surface area contributed by atoms with E-state index in [0.717, 1.165) is 6.42 Å². The molecule has 1 aromatic rings. The molecular weight excluding hydrogens is 261 g/mol. The van der Waals surface area contributed by atoms with E-state index >= 15 is 0 Å². The number of nitrogens with zero attached hydrogens (tertiary/aromatic N) is 1. The van der Waals surface area contributed by atoms with Gasteiger partial charge in [0.2, 0.25) is 0 Å². The standard InChI is InChI=1S/C11H17Cl2N3O/c1-3-7(17)4-5-15-11-9(13)6-8(12)10(14-2)16-11/h6-7,17H,3-5H2,1-2H3,(H2,14,15,16). The van der Waals surface area contributed by atoms with Crippen molar-refractivity contribution < 1.29 is 5.11 Å². The van der Waals surface area contributed by atoms with Crippen LogP contribution in [0.15, 0.2) is 6.07 Å². The van der Waals surface area contributed by atoms with Crippen molar-refractivity contribution in [2.75, 3.05) is 24.2 Å². The number of pyridine rings is 1. The zero-order chi connectivity index (χ0) is 12.8. The van der Waals surface area contributed by atoms with Crippen LogP contribution in [0.1, 0.15) is 19.8 Å². The van der Waals surface area contributed by atoms with Gasteiger partial charge in [-0.25, -0.2) is 4.98 Å². The first-order valence-electron chi connectivity index (χ1n) is 5.54. The first-order valence-corrected chi connectivity index (χ1v) is 6.29. The average Bonchev–Trinajstić information content (AvgIpc) is 2.31. The molecule has 3 N–H and O–H groups in total. The van der Waals surface area contributed by atoms with Crippen molar-refractivity contribution in [1.82, 2.24) is 4.98 Å². The predicted molar refractivity (Wildman–Crippen MR) is 73.2 cm³/mol. The molecule has 1 heterocycles. The van der Waals surface area contributed by atoms with Gasteiger partial charge in [-0.1, -0.05) is 30.1 Å². The number of hydrogen-bond acceptors (Lipinski definition) is 4. The maximum absolute atomic E-state index is 9.42. The number of aliphatic hydroxyl groups is 1. The van der Waals surface area contributed by atoms with Crippen molar-refractivity contribution in [3.8, 4) is 0 Å². The lowest BCUT2D eigenvalue weighted by atomic mass is 10.2. The lowest BCUT2D eigenvalue weighted by Gasteiger charge is -2.12. The summed E-state index contributed by atoms with van der Waals surface area (Å²) in [6, 6.07) is 1.64. The number of nitrogens with one attached hydrogen (secondary N) is 2. The molecule has 96 valence electrons. The topological polar surface area (TPSA) is 57.2 Å². The molecule has 0 aliphatic heterocycles. The number of aliphatic hydroxyl groups excluding tert-OH is 1. The fourth-order valence-corrected chi connectivity index (χ4v) is 1.85. The number of aromatic nitrogens is 1. The van der Waals surface area contributed by atoms with Gasteiger partial charge >= 0.3 is 0 Å². The van der Waals surface area contributed by atoms with Gasteiger partial charge in [-0.2, -0.15) is 0 Å². The highest BCUT2D eigenvalue weighted by Crippen LogP contribution is 2.28. The second-order valence-electron chi connectivity index (χ2n) is 3.68. The van der Waals surface area contributed by atoms with Gasteiger partial charge < -0.3 is 15.7 Å². The second-order valence-corrected chi connectivity index (χ2v) is 4.49. The Kier molecular flexibility index (Phi) is 5.82. The fraction of sp³-hybridized carbons (Fsp3) is 0.545. The van der Waals surface area contributed by atoms with Crippen LogP contribution in [0.4, 0.5) is 11.6 Å². The molecule has 4 nitrogen and oxygen atoms in total. The maximum Gasteiger partial charge on any atom is 0.147 e. The van der Waals surface area contributed by atoms with Crippen LogP contribution in [0.5, 0.6) is 0 Å². The molecule has 17 heavy (non-hydrogen) atoms. The van der Waals surface area contributed by atoms with E-state index in [0.29, 0.717) is 34.6 Å². The van der Waals surface area contributed by atoms with Crippen molar-refractivity contribution >= 4 is 34.8 Å². The SMILES string of the molecule is CCC(O)CCNc1nc(NC)c(Cl)cc1Cl. The van der Waals surface area contributed by atoms with Crippen LogP contribution >= 0.6 is 23.2 Å². The number of halogens is 2. The summed E-state index contributed by atoms with van der Waals surface area (Å²) in [5.41, 5.74) is 0. The molecule has 0 aliphatic rings. The number of hydrogen-bond donors (Lipinski definition) is 3. The summed E-state index contributed by atoms with van der Waals surface area (Å²) in [6.45, 7) is 2.56. The molecular formula is C11H17Cl2N3O. The molecule has 1 unspecified atom stereocenters. The fourth-order valence-electron chi connectivity index (χ4n) is 1.33. The Labute approximate surface area is 111 Å². The van der Waals surface area contributed by atoms with Gasteiger partial charge in [-0.05, 0) is 18.9 Å². The third kappa shape index (κ3) is 4.22. The molecule has 0 bridgehead atoms. The molecule has 0 aliphatic carbocycles. The van der Waals surface area contributed by atoms with Crippen molar-refractivity contribution in [2.45, 2.75) is 25.9 Å². The van der Waals surface area contributed by atoms with E-state index in [1.165, 1.54) is 0 Å². The molecule has 1 aromatic heterocycles. The first kappa shape index (κ1) is 14.4. The zero-order valence-electron chi connectivity index (χ0n) is 9.93. The quantitative estimate of drug-likeness (QED) is 0.748. The molecule has 1 rings (SSSR count). The van der Waals surface area contributed by atoms with Crippen LogP contribution in [0.2, 0.25) is 10.0 Å². The molecule has 0 aromatic carbocycles. The Balaban J connectivity index is 2.64. The van der Waals surface area contributed by atoms with E-state index in [-0.39, 0.29) is 6.10 Å².